The predicted octanol–water partition coefficient (Wildman–Crippen LogP) is 2.70. The Morgan fingerprint density at radius 2 is 1.88 bits per heavy atom. The van der Waals surface area contributed by atoms with Gasteiger partial charge in [0.05, 0.1) is 27.2 Å². The van der Waals surface area contributed by atoms with E-state index in [0.29, 0.717) is 30.2 Å². The molecule has 3 N–H and O–H groups in total. The number of halogens is 1. The number of hydrogen-bond acceptors (Lipinski definition) is 5. The van der Waals surface area contributed by atoms with Crippen LogP contribution in [-0.2, 0) is 11.2 Å². The van der Waals surface area contributed by atoms with Gasteiger partial charge in [-0.25, -0.2) is 0 Å². The molecular weight excluding hydrogens is 356 g/mol. The highest BCUT2D eigenvalue weighted by Crippen LogP contribution is 2.39. The van der Waals surface area contributed by atoms with E-state index < -0.39 is 5.54 Å². The normalized spacial score (nSPS) is 22.1. The molecule has 26 heavy (non-hydrogen) atoms. The maximum Gasteiger partial charge on any atom is 0.224 e. The minimum Gasteiger partial charge on any atom is -0.493 e. The third-order valence-electron chi connectivity index (χ3n) is 5.05. The first-order valence-electron chi connectivity index (χ1n) is 8.79. The van der Waals surface area contributed by atoms with Gasteiger partial charge in [-0.3, -0.25) is 4.79 Å². The first kappa shape index (κ1) is 22.4. The summed E-state index contributed by atoms with van der Waals surface area (Å²) in [4.78, 5) is 12.5. The lowest BCUT2D eigenvalue weighted by Gasteiger charge is -2.37. The van der Waals surface area contributed by atoms with Crippen LogP contribution < -0.4 is 25.3 Å². The van der Waals surface area contributed by atoms with Crippen molar-refractivity contribution >= 4 is 18.3 Å². The van der Waals surface area contributed by atoms with E-state index in [9.17, 15) is 4.79 Å². The van der Waals surface area contributed by atoms with Gasteiger partial charge in [0.2, 0.25) is 11.7 Å². The summed E-state index contributed by atoms with van der Waals surface area (Å²) in [5.74, 6) is 1.75. The van der Waals surface area contributed by atoms with Crippen molar-refractivity contribution in [3.8, 4) is 17.2 Å². The van der Waals surface area contributed by atoms with E-state index in [-0.39, 0.29) is 24.2 Å². The maximum absolute atomic E-state index is 12.5. The third-order valence-corrected chi connectivity index (χ3v) is 5.05. The molecule has 0 spiro atoms. The summed E-state index contributed by atoms with van der Waals surface area (Å²) in [5.41, 5.74) is 6.85. The molecule has 6 nitrogen and oxygen atoms in total. The standard InChI is InChI=1S/C19H30N2O4.ClH/c1-19(20)11-6-5-7-14(19)18(22)21-12-10-13-8-9-15(23-2)17(25-4)16(13)24-3;/h8-9,14H,5-7,10-12,20H2,1-4H3,(H,21,22);1H. The highest BCUT2D eigenvalue weighted by molar-refractivity contribution is 5.85. The lowest BCUT2D eigenvalue weighted by molar-refractivity contribution is -0.128. The molecule has 7 heteroatoms. The number of carbonyl (C=O) groups is 1. The number of amides is 1. The molecule has 1 fully saturated rings. The lowest BCUT2D eigenvalue weighted by Crippen LogP contribution is -2.53. The Hall–Kier alpha value is -1.66. The number of rotatable bonds is 7. The van der Waals surface area contributed by atoms with Gasteiger partial charge < -0.3 is 25.3 Å². The van der Waals surface area contributed by atoms with Gasteiger partial charge in [-0.1, -0.05) is 18.9 Å². The molecule has 0 heterocycles. The van der Waals surface area contributed by atoms with Crippen LogP contribution in [0.4, 0.5) is 0 Å². The van der Waals surface area contributed by atoms with E-state index in [4.69, 9.17) is 19.9 Å². The molecule has 1 aromatic carbocycles. The molecule has 2 atom stereocenters. The molecule has 0 bridgehead atoms. The smallest absolute Gasteiger partial charge is 0.224 e. The molecular formula is C19H31ClN2O4. The molecule has 1 aliphatic carbocycles. The zero-order chi connectivity index (χ0) is 18.4. The predicted molar refractivity (Wildman–Crippen MR) is 105 cm³/mol. The van der Waals surface area contributed by atoms with Gasteiger partial charge in [0, 0.05) is 17.6 Å². The van der Waals surface area contributed by atoms with Gasteiger partial charge in [-0.2, -0.15) is 0 Å². The van der Waals surface area contributed by atoms with Gasteiger partial charge in [0.25, 0.3) is 0 Å². The molecule has 2 rings (SSSR count). The Morgan fingerprint density at radius 1 is 1.19 bits per heavy atom. The number of nitrogens with two attached hydrogens (primary N) is 1. The average Bonchev–Trinajstić information content (AvgIpc) is 2.60. The zero-order valence-corrected chi connectivity index (χ0v) is 16.9. The number of benzene rings is 1. The van der Waals surface area contributed by atoms with E-state index in [0.717, 1.165) is 31.2 Å². The van der Waals surface area contributed by atoms with Crippen molar-refractivity contribution in [3.05, 3.63) is 17.7 Å². The minimum atomic E-state index is -0.413. The lowest BCUT2D eigenvalue weighted by atomic mass is 9.74. The van der Waals surface area contributed by atoms with E-state index in [1.165, 1.54) is 0 Å². The molecule has 2 unspecified atom stereocenters. The van der Waals surface area contributed by atoms with E-state index in [2.05, 4.69) is 5.32 Å². The summed E-state index contributed by atoms with van der Waals surface area (Å²) >= 11 is 0. The second-order valence-corrected chi connectivity index (χ2v) is 6.84. The monoisotopic (exact) mass is 386 g/mol. The van der Waals surface area contributed by atoms with Crippen molar-refractivity contribution in [2.24, 2.45) is 11.7 Å². The second kappa shape index (κ2) is 9.88. The second-order valence-electron chi connectivity index (χ2n) is 6.84. The van der Waals surface area contributed by atoms with Crippen LogP contribution >= 0.6 is 12.4 Å². The van der Waals surface area contributed by atoms with Crippen LogP contribution in [0.15, 0.2) is 12.1 Å². The topological polar surface area (TPSA) is 82.8 Å². The number of nitrogens with one attached hydrogen (secondary N) is 1. The van der Waals surface area contributed by atoms with E-state index in [1.54, 1.807) is 21.3 Å². The summed E-state index contributed by atoms with van der Waals surface area (Å²) in [6.07, 6.45) is 4.56. The van der Waals surface area contributed by atoms with Crippen molar-refractivity contribution in [2.45, 2.75) is 44.6 Å². The van der Waals surface area contributed by atoms with Crippen molar-refractivity contribution in [1.29, 1.82) is 0 Å². The van der Waals surface area contributed by atoms with Gasteiger partial charge in [0.15, 0.2) is 11.5 Å². The van der Waals surface area contributed by atoms with Gasteiger partial charge >= 0.3 is 0 Å². The van der Waals surface area contributed by atoms with Crippen LogP contribution in [-0.4, -0.2) is 39.3 Å². The zero-order valence-electron chi connectivity index (χ0n) is 16.1. The summed E-state index contributed by atoms with van der Waals surface area (Å²) in [6.45, 7) is 2.50. The average molecular weight is 387 g/mol. The Balaban J connectivity index is 0.00000338. The number of ether oxygens (including phenoxy) is 3. The molecule has 148 valence electrons. The molecule has 0 aromatic heterocycles. The van der Waals surface area contributed by atoms with Gasteiger partial charge in [-0.05, 0) is 32.3 Å². The summed E-state index contributed by atoms with van der Waals surface area (Å²) in [5, 5.41) is 3.03. The highest BCUT2D eigenvalue weighted by atomic mass is 35.5. The Labute approximate surface area is 162 Å². The molecule has 1 saturated carbocycles. The fraction of sp³-hybridized carbons (Fsp3) is 0.632. The van der Waals surface area contributed by atoms with Gasteiger partial charge in [-0.15, -0.1) is 12.4 Å². The Morgan fingerprint density at radius 3 is 2.46 bits per heavy atom. The maximum atomic E-state index is 12.5. The Bertz CT molecular complexity index is 607. The molecule has 0 aliphatic heterocycles. The summed E-state index contributed by atoms with van der Waals surface area (Å²) < 4.78 is 16.2. The summed E-state index contributed by atoms with van der Waals surface area (Å²) in [7, 11) is 4.77. The van der Waals surface area contributed by atoms with Crippen molar-refractivity contribution in [2.75, 3.05) is 27.9 Å². The van der Waals surface area contributed by atoms with Crippen molar-refractivity contribution < 1.29 is 19.0 Å². The molecule has 1 aromatic rings. The van der Waals surface area contributed by atoms with Crippen LogP contribution in [0.25, 0.3) is 0 Å². The van der Waals surface area contributed by atoms with Crippen LogP contribution in [0.2, 0.25) is 0 Å². The Kier molecular flexibility index (Phi) is 8.50. The first-order chi connectivity index (χ1) is 11.9. The van der Waals surface area contributed by atoms with Gasteiger partial charge in [0.1, 0.15) is 0 Å². The quantitative estimate of drug-likeness (QED) is 0.752. The van der Waals surface area contributed by atoms with E-state index in [1.807, 2.05) is 19.1 Å². The third kappa shape index (κ3) is 4.95. The number of methoxy groups -OCH3 is 3. The van der Waals surface area contributed by atoms with Crippen LogP contribution in [0.1, 0.15) is 38.2 Å². The fourth-order valence-corrected chi connectivity index (χ4v) is 3.59. The van der Waals surface area contributed by atoms with Crippen molar-refractivity contribution in [3.63, 3.8) is 0 Å². The molecule has 0 radical (unpaired) electrons. The minimum absolute atomic E-state index is 0. The number of carbonyl (C=O) groups excluding carboxylic acids is 1. The van der Waals surface area contributed by atoms with Crippen molar-refractivity contribution in [1.82, 2.24) is 5.32 Å². The summed E-state index contributed by atoms with van der Waals surface area (Å²) in [6, 6.07) is 3.77. The molecule has 0 saturated heterocycles. The van der Waals surface area contributed by atoms with E-state index >= 15 is 0 Å². The fourth-order valence-electron chi connectivity index (χ4n) is 3.59. The van der Waals surface area contributed by atoms with Crippen LogP contribution in [0, 0.1) is 5.92 Å². The SMILES string of the molecule is COc1ccc(CCNC(=O)C2CCCCC2(C)N)c(OC)c1OC.Cl. The highest BCUT2D eigenvalue weighted by Gasteiger charge is 2.37. The number of hydrogen-bond donors (Lipinski definition) is 2. The molecule has 1 aliphatic rings. The largest absolute Gasteiger partial charge is 0.493 e. The molecule has 1 amide bonds. The first-order valence-corrected chi connectivity index (χ1v) is 8.79. The van der Waals surface area contributed by atoms with Crippen LogP contribution in [0.3, 0.4) is 0 Å². The van der Waals surface area contributed by atoms with Crippen LogP contribution in [0.5, 0.6) is 17.2 Å².